The number of nitrogens with zero attached hydrogens (tertiary/aromatic N) is 1. The number of anilines is 3. The Labute approximate surface area is 326 Å². The molecule has 7 nitrogen and oxygen atoms in total. The van der Waals surface area contributed by atoms with Gasteiger partial charge < -0.3 is 33.3 Å². The molecule has 0 saturated carbocycles. The second kappa shape index (κ2) is 14.0. The lowest BCUT2D eigenvalue weighted by Gasteiger charge is -2.26. The van der Waals surface area contributed by atoms with Crippen LogP contribution in [-0.2, 0) is 0 Å². The van der Waals surface area contributed by atoms with E-state index in [9.17, 15) is 26.3 Å². The maximum atomic E-state index is 13.7. The van der Waals surface area contributed by atoms with Gasteiger partial charge in [-0.15, -0.1) is 26.3 Å². The molecule has 0 aromatic heterocycles. The maximum absolute atomic E-state index is 13.7. The van der Waals surface area contributed by atoms with Crippen LogP contribution in [0.5, 0.6) is 34.5 Å². The summed E-state index contributed by atoms with van der Waals surface area (Å²) >= 11 is 0. The monoisotopic (exact) mass is 791 g/mol. The van der Waals surface area contributed by atoms with Crippen molar-refractivity contribution in [3.63, 3.8) is 0 Å². The average Bonchev–Trinajstić information content (AvgIpc) is 3.82. The van der Waals surface area contributed by atoms with E-state index in [0.717, 1.165) is 33.8 Å². The number of para-hydroxylation sites is 1. The number of benzene rings is 6. The maximum Gasteiger partial charge on any atom is 0.586 e. The normalized spacial score (nSPS) is 16.4. The van der Waals surface area contributed by atoms with Crippen LogP contribution in [0.4, 0.5) is 43.4 Å². The quantitative estimate of drug-likeness (QED) is 0.107. The van der Waals surface area contributed by atoms with E-state index < -0.39 is 18.9 Å². The summed E-state index contributed by atoms with van der Waals surface area (Å²) in [5.41, 5.74) is 6.67. The minimum atomic E-state index is -3.73. The molecular weight excluding hydrogens is 764 g/mol. The summed E-state index contributed by atoms with van der Waals surface area (Å²) < 4.78 is 109. The summed E-state index contributed by atoms with van der Waals surface area (Å²) in [6, 6.07) is 36.9. The van der Waals surface area contributed by atoms with Gasteiger partial charge in [0.25, 0.3) is 0 Å². The number of hydrogen-bond acceptors (Lipinski definition) is 7. The first-order chi connectivity index (χ1) is 27.8. The van der Waals surface area contributed by atoms with Crippen molar-refractivity contribution in [1.82, 2.24) is 0 Å². The predicted octanol–water partition coefficient (Wildman–Crippen LogP) is 12.6. The highest BCUT2D eigenvalue weighted by Gasteiger charge is 2.45. The van der Waals surface area contributed by atoms with E-state index >= 15 is 0 Å². The molecule has 0 unspecified atom stereocenters. The van der Waals surface area contributed by atoms with E-state index in [1.807, 2.05) is 89.8 Å². The third kappa shape index (κ3) is 7.74. The number of alkyl halides is 6. The molecule has 0 radical (unpaired) electrons. The SMILES string of the molecule is FC1(F)Oc2ccc(C=Cc3ccc(N(c4ccc(C=Cc5ccc6c(c5)OC(F)(F)O6)cc4)c4ccc(C=Cc5cccc6c5OC(F)(F)O6)cc4)cc3)cc2O1. The number of halogens is 6. The molecule has 6 aromatic rings. The molecule has 3 aliphatic heterocycles. The van der Waals surface area contributed by atoms with Crippen molar-refractivity contribution in [3.8, 4) is 34.5 Å². The Kier molecular flexibility index (Phi) is 8.80. The van der Waals surface area contributed by atoms with Crippen LogP contribution >= 0.6 is 0 Å². The molecule has 3 aliphatic rings. The third-order valence-corrected chi connectivity index (χ3v) is 9.16. The fourth-order valence-corrected chi connectivity index (χ4v) is 6.48. The van der Waals surface area contributed by atoms with Crippen LogP contribution < -0.4 is 33.3 Å². The van der Waals surface area contributed by atoms with E-state index in [1.54, 1.807) is 48.6 Å². The van der Waals surface area contributed by atoms with Crippen LogP contribution in [0.15, 0.2) is 127 Å². The summed E-state index contributed by atoms with van der Waals surface area (Å²) in [7, 11) is 0. The number of ether oxygens (including phenoxy) is 6. The van der Waals surface area contributed by atoms with Crippen molar-refractivity contribution in [2.24, 2.45) is 0 Å². The van der Waals surface area contributed by atoms with E-state index in [2.05, 4.69) is 23.7 Å². The van der Waals surface area contributed by atoms with Crippen molar-refractivity contribution in [3.05, 3.63) is 161 Å². The van der Waals surface area contributed by atoms with E-state index in [4.69, 9.17) is 4.74 Å². The standard InChI is InChI=1S/C45H27F6NO6/c46-43(47)53-37-24-15-31(26-40(37)56-43)6-4-28-9-18-34(19-10-28)52(35-20-11-29(12-21-35)5-7-32-16-25-38-41(27-32)57-44(48,49)54-38)36-22-13-30(14-23-36)8-17-33-2-1-3-39-42(33)58-45(50,51)55-39/h1-27H. The van der Waals surface area contributed by atoms with Gasteiger partial charge in [0.15, 0.2) is 34.5 Å². The van der Waals surface area contributed by atoms with E-state index in [0.29, 0.717) is 16.7 Å². The Balaban J connectivity index is 0.971. The first-order valence-corrected chi connectivity index (χ1v) is 17.7. The van der Waals surface area contributed by atoms with Gasteiger partial charge in [-0.25, -0.2) is 0 Å². The molecule has 58 heavy (non-hydrogen) atoms. The highest BCUT2D eigenvalue weighted by Crippen LogP contribution is 2.45. The first-order valence-electron chi connectivity index (χ1n) is 17.7. The summed E-state index contributed by atoms with van der Waals surface area (Å²) in [6.45, 7) is 0. The Bertz CT molecular complexity index is 2490. The zero-order chi connectivity index (χ0) is 40.1. The molecule has 9 rings (SSSR count). The molecule has 0 aliphatic carbocycles. The van der Waals surface area contributed by atoms with Crippen LogP contribution in [0.2, 0.25) is 0 Å². The number of fused-ring (bicyclic) bond motifs is 3. The van der Waals surface area contributed by atoms with Crippen molar-refractivity contribution in [2.75, 3.05) is 4.90 Å². The molecule has 6 aromatic carbocycles. The summed E-state index contributed by atoms with van der Waals surface area (Å²) in [5.74, 6) is -0.228. The highest BCUT2D eigenvalue weighted by molar-refractivity contribution is 5.81. The van der Waals surface area contributed by atoms with Gasteiger partial charge in [-0.3, -0.25) is 0 Å². The topological polar surface area (TPSA) is 58.6 Å². The smallest absolute Gasteiger partial charge is 0.395 e. The zero-order valence-electron chi connectivity index (χ0n) is 29.8. The third-order valence-electron chi connectivity index (χ3n) is 9.16. The molecule has 0 saturated heterocycles. The van der Waals surface area contributed by atoms with Crippen molar-refractivity contribution in [1.29, 1.82) is 0 Å². The molecule has 3 heterocycles. The Morgan fingerprint density at radius 2 is 0.707 bits per heavy atom. The summed E-state index contributed by atoms with van der Waals surface area (Å²) in [4.78, 5) is 2.04. The van der Waals surface area contributed by atoms with Crippen LogP contribution in [0.3, 0.4) is 0 Å². The second-order valence-corrected chi connectivity index (χ2v) is 13.2. The number of rotatable bonds is 9. The van der Waals surface area contributed by atoms with Gasteiger partial charge in [0.05, 0.1) is 0 Å². The predicted molar refractivity (Wildman–Crippen MR) is 206 cm³/mol. The van der Waals surface area contributed by atoms with Crippen LogP contribution in [0, 0.1) is 0 Å². The number of hydrogen-bond donors (Lipinski definition) is 0. The average molecular weight is 792 g/mol. The fraction of sp³-hybridized carbons (Fsp3) is 0.0667. The van der Waals surface area contributed by atoms with Crippen molar-refractivity contribution < 1.29 is 54.8 Å². The van der Waals surface area contributed by atoms with Crippen LogP contribution in [0.1, 0.15) is 33.4 Å². The van der Waals surface area contributed by atoms with Gasteiger partial charge in [0.1, 0.15) is 0 Å². The lowest BCUT2D eigenvalue weighted by molar-refractivity contribution is -0.287. The lowest BCUT2D eigenvalue weighted by Crippen LogP contribution is -2.26. The Hall–Kier alpha value is -7.28. The van der Waals surface area contributed by atoms with Gasteiger partial charge in [0.2, 0.25) is 0 Å². The van der Waals surface area contributed by atoms with Crippen molar-refractivity contribution in [2.45, 2.75) is 18.9 Å². The molecule has 0 N–H and O–H groups in total. The highest BCUT2D eigenvalue weighted by atomic mass is 19.3. The molecule has 0 atom stereocenters. The molecule has 13 heteroatoms. The minimum absolute atomic E-state index is 0.0319. The Morgan fingerprint density at radius 1 is 0.345 bits per heavy atom. The lowest BCUT2D eigenvalue weighted by atomic mass is 10.1. The molecule has 0 fully saturated rings. The molecule has 0 spiro atoms. The Morgan fingerprint density at radius 3 is 1.17 bits per heavy atom. The largest absolute Gasteiger partial charge is 0.586 e. The fourth-order valence-electron chi connectivity index (χ4n) is 6.48. The van der Waals surface area contributed by atoms with Gasteiger partial charge in [-0.05, 0) is 94.5 Å². The molecular formula is C45H27F6NO6. The van der Waals surface area contributed by atoms with Gasteiger partial charge in [0, 0.05) is 22.6 Å². The summed E-state index contributed by atoms with van der Waals surface area (Å²) in [6.07, 6.45) is -0.430. The molecule has 0 bridgehead atoms. The summed E-state index contributed by atoms with van der Waals surface area (Å²) in [5, 5.41) is 0. The van der Waals surface area contributed by atoms with Crippen molar-refractivity contribution >= 4 is 53.5 Å². The zero-order valence-corrected chi connectivity index (χ0v) is 29.8. The van der Waals surface area contributed by atoms with Crippen LogP contribution in [-0.4, -0.2) is 18.9 Å². The first kappa shape index (κ1) is 36.4. The van der Waals surface area contributed by atoms with Gasteiger partial charge >= 0.3 is 18.9 Å². The van der Waals surface area contributed by atoms with Crippen LogP contribution in [0.25, 0.3) is 36.5 Å². The molecule has 290 valence electrons. The van der Waals surface area contributed by atoms with Gasteiger partial charge in [-0.2, -0.15) is 0 Å². The van der Waals surface area contributed by atoms with E-state index in [1.165, 1.54) is 30.3 Å². The minimum Gasteiger partial charge on any atom is -0.395 e. The molecule has 0 amide bonds. The van der Waals surface area contributed by atoms with Gasteiger partial charge in [-0.1, -0.05) is 97.1 Å². The second-order valence-electron chi connectivity index (χ2n) is 13.2. The van der Waals surface area contributed by atoms with E-state index in [-0.39, 0.29) is 34.5 Å².